The van der Waals surface area contributed by atoms with Crippen LogP contribution in [0.4, 0.5) is 0 Å². The fraction of sp³-hybridized carbons (Fsp3) is 0.838. The first kappa shape index (κ1) is 44.5. The standard InChI is InChI=1S/C37H69O8P/c1-3-5-7-9-11-13-15-16-17-18-19-20-22-24-26-28-30-32-37(39)45-35(34-44-46(40,41)42)33-43-36(38)31-29-27-25-23-21-14-12-10-8-6-4-2/h11,13,16-17,35H,3-10,12,14-15,18-34H2,1-2H3,(H2,40,41,42)/b13-11+,17-16+/t35-/m1/s1. The minimum absolute atomic E-state index is 0.205. The van der Waals surface area contributed by atoms with Gasteiger partial charge < -0.3 is 19.3 Å². The van der Waals surface area contributed by atoms with Crippen molar-refractivity contribution in [1.29, 1.82) is 0 Å². The molecular formula is C37H69O8P. The highest BCUT2D eigenvalue weighted by atomic mass is 31.2. The van der Waals surface area contributed by atoms with E-state index in [9.17, 15) is 14.2 Å². The van der Waals surface area contributed by atoms with Crippen LogP contribution < -0.4 is 0 Å². The molecule has 0 bridgehead atoms. The smallest absolute Gasteiger partial charge is 0.462 e. The maximum atomic E-state index is 12.3. The number of hydrogen-bond acceptors (Lipinski definition) is 6. The lowest BCUT2D eigenvalue weighted by Crippen LogP contribution is -2.29. The summed E-state index contributed by atoms with van der Waals surface area (Å²) < 4.78 is 26.3. The van der Waals surface area contributed by atoms with Gasteiger partial charge in [0.2, 0.25) is 0 Å². The Morgan fingerprint density at radius 1 is 0.565 bits per heavy atom. The average molecular weight is 673 g/mol. The van der Waals surface area contributed by atoms with Crippen molar-refractivity contribution in [3.8, 4) is 0 Å². The van der Waals surface area contributed by atoms with Gasteiger partial charge in [-0.25, -0.2) is 4.57 Å². The van der Waals surface area contributed by atoms with Crippen molar-refractivity contribution < 1.29 is 37.9 Å². The van der Waals surface area contributed by atoms with E-state index in [0.717, 1.165) is 51.4 Å². The molecule has 0 aliphatic rings. The molecule has 0 saturated carbocycles. The van der Waals surface area contributed by atoms with Crippen LogP contribution in [0.1, 0.15) is 181 Å². The van der Waals surface area contributed by atoms with Crippen LogP contribution in [-0.4, -0.2) is 41.0 Å². The maximum absolute atomic E-state index is 12.3. The predicted octanol–water partition coefficient (Wildman–Crippen LogP) is 10.8. The molecule has 0 aromatic heterocycles. The summed E-state index contributed by atoms with van der Waals surface area (Å²) in [6.45, 7) is 3.64. The van der Waals surface area contributed by atoms with Crippen LogP contribution in [0.15, 0.2) is 24.3 Å². The summed E-state index contributed by atoms with van der Waals surface area (Å²) in [6, 6.07) is 0. The van der Waals surface area contributed by atoms with E-state index in [1.165, 1.54) is 96.3 Å². The fourth-order valence-corrected chi connectivity index (χ4v) is 5.53. The second-order valence-electron chi connectivity index (χ2n) is 12.6. The Morgan fingerprint density at radius 2 is 0.978 bits per heavy atom. The van der Waals surface area contributed by atoms with Crippen molar-refractivity contribution in [3.63, 3.8) is 0 Å². The Labute approximate surface area is 281 Å². The Balaban J connectivity index is 3.96. The number of phosphoric ester groups is 1. The highest BCUT2D eigenvalue weighted by Crippen LogP contribution is 2.36. The molecule has 0 aliphatic carbocycles. The zero-order valence-electron chi connectivity index (χ0n) is 29.5. The van der Waals surface area contributed by atoms with Gasteiger partial charge in [-0.2, -0.15) is 0 Å². The normalized spacial score (nSPS) is 12.7. The number of unbranched alkanes of at least 4 members (excludes halogenated alkanes) is 20. The van der Waals surface area contributed by atoms with E-state index in [2.05, 4.69) is 42.7 Å². The maximum Gasteiger partial charge on any atom is 0.469 e. The van der Waals surface area contributed by atoms with Gasteiger partial charge >= 0.3 is 19.8 Å². The lowest BCUT2D eigenvalue weighted by Gasteiger charge is -2.18. The quantitative estimate of drug-likeness (QED) is 0.0300. The van der Waals surface area contributed by atoms with Gasteiger partial charge in [-0.05, 0) is 44.9 Å². The Morgan fingerprint density at radius 3 is 1.48 bits per heavy atom. The summed E-state index contributed by atoms with van der Waals surface area (Å²) in [5.74, 6) is -0.891. The zero-order valence-corrected chi connectivity index (χ0v) is 30.4. The van der Waals surface area contributed by atoms with E-state index in [1.54, 1.807) is 0 Å². The van der Waals surface area contributed by atoms with Gasteiger partial charge in [0.05, 0.1) is 6.61 Å². The third-order valence-corrected chi connectivity index (χ3v) is 8.46. The molecule has 2 N–H and O–H groups in total. The molecule has 0 radical (unpaired) electrons. The summed E-state index contributed by atoms with van der Waals surface area (Å²) in [7, 11) is -4.75. The van der Waals surface area contributed by atoms with E-state index in [4.69, 9.17) is 19.3 Å². The highest BCUT2D eigenvalue weighted by Gasteiger charge is 2.22. The van der Waals surface area contributed by atoms with Crippen LogP contribution in [-0.2, 0) is 28.2 Å². The van der Waals surface area contributed by atoms with Gasteiger partial charge in [-0.15, -0.1) is 0 Å². The van der Waals surface area contributed by atoms with Crippen molar-refractivity contribution in [2.45, 2.75) is 187 Å². The Kier molecular flexibility index (Phi) is 32.4. The van der Waals surface area contributed by atoms with Crippen molar-refractivity contribution in [2.24, 2.45) is 0 Å². The Bertz CT molecular complexity index is 807. The van der Waals surface area contributed by atoms with Crippen LogP contribution in [0.3, 0.4) is 0 Å². The Hall–Kier alpha value is -1.47. The number of carbonyl (C=O) groups is 2. The number of hydrogen-bond donors (Lipinski definition) is 2. The monoisotopic (exact) mass is 672 g/mol. The summed E-state index contributed by atoms with van der Waals surface area (Å²) in [4.78, 5) is 42.6. The van der Waals surface area contributed by atoms with Gasteiger partial charge in [0, 0.05) is 12.8 Å². The summed E-state index contributed by atoms with van der Waals surface area (Å²) in [5, 5.41) is 0. The average Bonchev–Trinajstić information content (AvgIpc) is 3.02. The molecule has 0 aromatic carbocycles. The van der Waals surface area contributed by atoms with E-state index >= 15 is 0 Å². The molecule has 9 heteroatoms. The van der Waals surface area contributed by atoms with E-state index in [-0.39, 0.29) is 19.4 Å². The van der Waals surface area contributed by atoms with Crippen LogP contribution in [0.25, 0.3) is 0 Å². The highest BCUT2D eigenvalue weighted by molar-refractivity contribution is 7.46. The molecule has 46 heavy (non-hydrogen) atoms. The molecule has 1 atom stereocenters. The van der Waals surface area contributed by atoms with Crippen molar-refractivity contribution in [3.05, 3.63) is 24.3 Å². The molecule has 0 aromatic rings. The van der Waals surface area contributed by atoms with Crippen LogP contribution >= 0.6 is 7.82 Å². The fourth-order valence-electron chi connectivity index (χ4n) is 5.17. The molecule has 0 unspecified atom stereocenters. The minimum atomic E-state index is -4.75. The van der Waals surface area contributed by atoms with Gasteiger partial charge in [0.25, 0.3) is 0 Å². The van der Waals surface area contributed by atoms with E-state index in [0.29, 0.717) is 6.42 Å². The topological polar surface area (TPSA) is 119 Å². The SMILES string of the molecule is CCCCC/C=C/C/C=C/CCCCCCCCCC(=O)O[C@H](COC(=O)CCCCCCCCCCCCC)COP(=O)(O)O. The third-order valence-electron chi connectivity index (χ3n) is 7.97. The molecular weight excluding hydrogens is 603 g/mol. The minimum Gasteiger partial charge on any atom is -0.462 e. The van der Waals surface area contributed by atoms with Crippen molar-refractivity contribution in [1.82, 2.24) is 0 Å². The number of carbonyl (C=O) groups excluding carboxylic acids is 2. The van der Waals surface area contributed by atoms with Crippen molar-refractivity contribution >= 4 is 19.8 Å². The van der Waals surface area contributed by atoms with Gasteiger partial charge in [-0.3, -0.25) is 14.1 Å². The number of esters is 2. The number of phosphoric acid groups is 1. The largest absolute Gasteiger partial charge is 0.469 e. The van der Waals surface area contributed by atoms with Crippen LogP contribution in [0.2, 0.25) is 0 Å². The first-order chi connectivity index (χ1) is 22.3. The van der Waals surface area contributed by atoms with E-state index in [1.807, 2.05) is 0 Å². The number of ether oxygens (including phenoxy) is 2. The molecule has 8 nitrogen and oxygen atoms in total. The second kappa shape index (κ2) is 33.4. The van der Waals surface area contributed by atoms with Crippen LogP contribution in [0.5, 0.6) is 0 Å². The van der Waals surface area contributed by atoms with Crippen molar-refractivity contribution in [2.75, 3.05) is 13.2 Å². The van der Waals surface area contributed by atoms with Gasteiger partial charge in [-0.1, -0.05) is 147 Å². The first-order valence-corrected chi connectivity index (χ1v) is 20.2. The summed E-state index contributed by atoms with van der Waals surface area (Å²) >= 11 is 0. The molecule has 0 heterocycles. The van der Waals surface area contributed by atoms with Crippen LogP contribution in [0, 0.1) is 0 Å². The first-order valence-electron chi connectivity index (χ1n) is 18.6. The predicted molar refractivity (Wildman–Crippen MR) is 189 cm³/mol. The second-order valence-corrected chi connectivity index (χ2v) is 13.8. The molecule has 270 valence electrons. The summed E-state index contributed by atoms with van der Waals surface area (Å²) in [5.41, 5.74) is 0. The molecule has 0 aliphatic heterocycles. The number of rotatable bonds is 34. The third kappa shape index (κ3) is 35.4. The number of allylic oxidation sites excluding steroid dienone is 4. The zero-order chi connectivity index (χ0) is 34.0. The molecule has 0 spiro atoms. The van der Waals surface area contributed by atoms with Gasteiger partial charge in [0.1, 0.15) is 6.61 Å². The molecule has 0 rings (SSSR count). The van der Waals surface area contributed by atoms with E-state index < -0.39 is 32.5 Å². The lowest BCUT2D eigenvalue weighted by atomic mass is 10.1. The molecule has 0 fully saturated rings. The molecule has 0 amide bonds. The summed E-state index contributed by atoms with van der Waals surface area (Å²) in [6.07, 6.45) is 36.1. The van der Waals surface area contributed by atoms with Gasteiger partial charge in [0.15, 0.2) is 6.10 Å². The lowest BCUT2D eigenvalue weighted by molar-refractivity contribution is -0.161. The molecule has 0 saturated heterocycles.